The summed E-state index contributed by atoms with van der Waals surface area (Å²) in [5, 5.41) is 5.20. The van der Waals surface area contributed by atoms with Crippen LogP contribution in [0.15, 0.2) is 23.1 Å². The molecular formula is C7H8ClN3O4S2. The van der Waals surface area contributed by atoms with E-state index in [1.54, 1.807) is 0 Å². The molecule has 0 unspecified atom stereocenters. The SMILES string of the molecule is NS(=O)(=O)N1CNS(=O)(=O)c2ccc(Cl)cc21. The molecule has 0 aliphatic carbocycles. The van der Waals surface area contributed by atoms with E-state index in [-0.39, 0.29) is 15.6 Å². The summed E-state index contributed by atoms with van der Waals surface area (Å²) in [5.74, 6) is 0. The number of sulfonamides is 1. The van der Waals surface area contributed by atoms with Crippen LogP contribution in [0.3, 0.4) is 0 Å². The van der Waals surface area contributed by atoms with Crippen molar-refractivity contribution in [3.8, 4) is 0 Å². The average Bonchev–Trinajstić information content (AvgIpc) is 2.14. The number of rotatable bonds is 1. The zero-order chi connectivity index (χ0) is 12.8. The van der Waals surface area contributed by atoms with E-state index in [1.165, 1.54) is 18.2 Å². The first-order valence-electron chi connectivity index (χ1n) is 4.31. The molecule has 1 aliphatic heterocycles. The van der Waals surface area contributed by atoms with Gasteiger partial charge in [-0.25, -0.2) is 17.9 Å². The Kier molecular flexibility index (Phi) is 2.83. The molecular weight excluding hydrogens is 290 g/mol. The molecule has 0 spiro atoms. The van der Waals surface area contributed by atoms with Crippen LogP contribution in [0.4, 0.5) is 5.69 Å². The molecule has 0 bridgehead atoms. The molecule has 0 atom stereocenters. The summed E-state index contributed by atoms with van der Waals surface area (Å²) in [7, 11) is -7.78. The van der Waals surface area contributed by atoms with Crippen molar-refractivity contribution in [2.75, 3.05) is 11.0 Å². The average molecular weight is 298 g/mol. The van der Waals surface area contributed by atoms with Gasteiger partial charge in [0.2, 0.25) is 10.0 Å². The number of benzene rings is 1. The summed E-state index contributed by atoms with van der Waals surface area (Å²) in [6, 6.07) is 3.81. The van der Waals surface area contributed by atoms with Crippen molar-refractivity contribution in [1.29, 1.82) is 0 Å². The van der Waals surface area contributed by atoms with Gasteiger partial charge in [-0.3, -0.25) is 0 Å². The molecule has 1 heterocycles. The first kappa shape index (κ1) is 12.6. The van der Waals surface area contributed by atoms with Gasteiger partial charge in [0.25, 0.3) is 10.2 Å². The van der Waals surface area contributed by atoms with Gasteiger partial charge in [-0.1, -0.05) is 11.6 Å². The lowest BCUT2D eigenvalue weighted by Crippen LogP contribution is -2.48. The molecule has 0 saturated heterocycles. The number of hydrogen-bond donors (Lipinski definition) is 2. The Labute approximate surface area is 103 Å². The summed E-state index contributed by atoms with van der Waals surface area (Å²) < 4.78 is 48.7. The molecule has 7 nitrogen and oxygen atoms in total. The molecule has 1 aromatic carbocycles. The minimum absolute atomic E-state index is 0.0567. The summed E-state index contributed by atoms with van der Waals surface area (Å²) in [5.41, 5.74) is -0.0567. The molecule has 0 aromatic heterocycles. The number of nitrogens with zero attached hydrogens (tertiary/aromatic N) is 1. The van der Waals surface area contributed by atoms with E-state index >= 15 is 0 Å². The Morgan fingerprint density at radius 1 is 1.41 bits per heavy atom. The van der Waals surface area contributed by atoms with Crippen LogP contribution in [0.2, 0.25) is 5.02 Å². The van der Waals surface area contributed by atoms with Crippen molar-refractivity contribution in [1.82, 2.24) is 4.72 Å². The number of hydrogen-bond acceptors (Lipinski definition) is 4. The molecule has 0 radical (unpaired) electrons. The maximum Gasteiger partial charge on any atom is 0.300 e. The lowest BCUT2D eigenvalue weighted by atomic mass is 10.3. The quantitative estimate of drug-likeness (QED) is 0.735. The van der Waals surface area contributed by atoms with Crippen LogP contribution in [0.25, 0.3) is 0 Å². The lowest BCUT2D eigenvalue weighted by molar-refractivity contribution is 0.571. The van der Waals surface area contributed by atoms with Crippen molar-refractivity contribution in [2.24, 2.45) is 5.14 Å². The topological polar surface area (TPSA) is 110 Å². The highest BCUT2D eigenvalue weighted by Gasteiger charge is 2.32. The van der Waals surface area contributed by atoms with Gasteiger partial charge in [-0.2, -0.15) is 13.1 Å². The zero-order valence-corrected chi connectivity index (χ0v) is 10.7. The van der Waals surface area contributed by atoms with Crippen LogP contribution >= 0.6 is 11.6 Å². The van der Waals surface area contributed by atoms with Crippen LogP contribution in [-0.4, -0.2) is 23.5 Å². The third-order valence-electron chi connectivity index (χ3n) is 2.18. The lowest BCUT2D eigenvalue weighted by Gasteiger charge is -2.28. The first-order chi connectivity index (χ1) is 7.72. The third kappa shape index (κ3) is 2.24. The van der Waals surface area contributed by atoms with Crippen LogP contribution in [0.1, 0.15) is 0 Å². The molecule has 2 rings (SSSR count). The van der Waals surface area contributed by atoms with Gasteiger partial charge >= 0.3 is 0 Å². The number of nitrogens with two attached hydrogens (primary N) is 1. The van der Waals surface area contributed by atoms with E-state index in [2.05, 4.69) is 4.72 Å². The van der Waals surface area contributed by atoms with Gasteiger partial charge in [-0.15, -0.1) is 0 Å². The number of halogens is 1. The molecule has 0 fully saturated rings. The van der Waals surface area contributed by atoms with Crippen molar-refractivity contribution in [2.45, 2.75) is 4.90 Å². The van der Waals surface area contributed by atoms with E-state index in [0.29, 0.717) is 0 Å². The van der Waals surface area contributed by atoms with Crippen LogP contribution < -0.4 is 14.2 Å². The molecule has 0 amide bonds. The Morgan fingerprint density at radius 3 is 2.65 bits per heavy atom. The highest BCUT2D eigenvalue weighted by atomic mass is 35.5. The van der Waals surface area contributed by atoms with Crippen molar-refractivity contribution < 1.29 is 16.8 Å². The molecule has 1 aromatic rings. The number of nitrogens with one attached hydrogen (secondary N) is 1. The Balaban J connectivity index is 2.74. The molecule has 3 N–H and O–H groups in total. The van der Waals surface area contributed by atoms with Crippen molar-refractivity contribution in [3.05, 3.63) is 23.2 Å². The highest BCUT2D eigenvalue weighted by molar-refractivity contribution is 7.92. The van der Waals surface area contributed by atoms with Gasteiger partial charge in [0.1, 0.15) is 4.90 Å². The van der Waals surface area contributed by atoms with Gasteiger partial charge in [-0.05, 0) is 18.2 Å². The van der Waals surface area contributed by atoms with Crippen molar-refractivity contribution in [3.63, 3.8) is 0 Å². The van der Waals surface area contributed by atoms with Crippen LogP contribution in [0.5, 0.6) is 0 Å². The smallest absolute Gasteiger partial charge is 0.242 e. The number of fused-ring (bicyclic) bond motifs is 1. The standard InChI is InChI=1S/C7H8ClN3O4S2/c8-5-1-2-7-6(3-5)11(17(9,14)15)4-10-16(7,12)13/h1-3,10H,4H2,(H2,9,14,15). The fourth-order valence-corrected chi connectivity index (χ4v) is 3.57. The fraction of sp³-hybridized carbons (Fsp3) is 0.143. The molecule has 94 valence electrons. The van der Waals surface area contributed by atoms with Crippen LogP contribution in [0, 0.1) is 0 Å². The van der Waals surface area contributed by atoms with E-state index < -0.39 is 26.9 Å². The molecule has 17 heavy (non-hydrogen) atoms. The fourth-order valence-electron chi connectivity index (χ4n) is 1.45. The Hall–Kier alpha value is -0.870. The normalized spacial score (nSPS) is 18.8. The molecule has 1 aliphatic rings. The summed E-state index contributed by atoms with van der Waals surface area (Å²) in [6.07, 6.45) is 0. The summed E-state index contributed by atoms with van der Waals surface area (Å²) >= 11 is 5.71. The van der Waals surface area contributed by atoms with Gasteiger partial charge in [0.05, 0.1) is 12.4 Å². The van der Waals surface area contributed by atoms with E-state index in [0.717, 1.165) is 4.31 Å². The van der Waals surface area contributed by atoms with Gasteiger partial charge in [0, 0.05) is 5.02 Å². The van der Waals surface area contributed by atoms with Gasteiger partial charge in [0.15, 0.2) is 0 Å². The predicted molar refractivity (Wildman–Crippen MR) is 62.2 cm³/mol. The summed E-state index contributed by atoms with van der Waals surface area (Å²) in [4.78, 5) is -0.179. The van der Waals surface area contributed by atoms with E-state index in [9.17, 15) is 16.8 Å². The summed E-state index contributed by atoms with van der Waals surface area (Å²) in [6.45, 7) is -0.450. The maximum atomic E-state index is 11.6. The zero-order valence-electron chi connectivity index (χ0n) is 8.29. The van der Waals surface area contributed by atoms with Crippen molar-refractivity contribution >= 4 is 37.5 Å². The van der Waals surface area contributed by atoms with Gasteiger partial charge < -0.3 is 0 Å². The van der Waals surface area contributed by atoms with E-state index in [1.807, 2.05) is 0 Å². The second-order valence-electron chi connectivity index (χ2n) is 3.31. The minimum Gasteiger partial charge on any atom is -0.242 e. The minimum atomic E-state index is -4.06. The Morgan fingerprint density at radius 2 is 2.06 bits per heavy atom. The largest absolute Gasteiger partial charge is 0.300 e. The maximum absolute atomic E-state index is 11.6. The predicted octanol–water partition coefficient (Wildman–Crippen LogP) is -0.401. The molecule has 0 saturated carbocycles. The second kappa shape index (κ2) is 3.82. The highest BCUT2D eigenvalue weighted by Crippen LogP contribution is 2.31. The molecule has 10 heteroatoms. The monoisotopic (exact) mass is 297 g/mol. The number of anilines is 1. The first-order valence-corrected chi connectivity index (χ1v) is 7.68. The van der Waals surface area contributed by atoms with E-state index in [4.69, 9.17) is 16.7 Å². The Bertz CT molecular complexity index is 670. The van der Waals surface area contributed by atoms with Crippen LogP contribution in [-0.2, 0) is 20.2 Å². The second-order valence-corrected chi connectivity index (χ2v) is 6.95. The third-order valence-corrected chi connectivity index (χ3v) is 4.79.